The maximum atomic E-state index is 11.0. The zero-order valence-corrected chi connectivity index (χ0v) is 24.7. The first-order valence-electron chi connectivity index (χ1n) is 15.1. The first kappa shape index (κ1) is 35.3. The normalized spacial score (nSPS) is 11.1. The number of amides is 1. The minimum atomic E-state index is -0.0963. The Labute approximate surface area is 237 Å². The van der Waals surface area contributed by atoms with Gasteiger partial charge in [0, 0.05) is 19.2 Å². The van der Waals surface area contributed by atoms with E-state index in [1.54, 1.807) is 12.1 Å². The molecule has 0 atom stereocenters. The van der Waals surface area contributed by atoms with Crippen molar-refractivity contribution in [3.63, 3.8) is 0 Å². The summed E-state index contributed by atoms with van der Waals surface area (Å²) >= 11 is 0. The van der Waals surface area contributed by atoms with Gasteiger partial charge in [-0.05, 0) is 30.7 Å². The lowest BCUT2D eigenvalue weighted by Crippen LogP contribution is -2.14. The van der Waals surface area contributed by atoms with Gasteiger partial charge in [-0.15, -0.1) is 0 Å². The largest absolute Gasteiger partial charge is 0.491 e. The Morgan fingerprint density at radius 1 is 0.538 bits per heavy atom. The van der Waals surface area contributed by atoms with E-state index in [0.717, 1.165) is 24.5 Å². The van der Waals surface area contributed by atoms with Crippen LogP contribution >= 0.6 is 0 Å². The third kappa shape index (κ3) is 25.0. The third-order valence-electron chi connectivity index (χ3n) is 6.05. The highest BCUT2D eigenvalue weighted by Crippen LogP contribution is 2.15. The Hall–Kier alpha value is -1.71. The number of carbonyl (C=O) groups excluding carboxylic acids is 1. The smallest absolute Gasteiger partial charge is 0.221 e. The molecule has 1 aromatic carbocycles. The molecule has 1 amide bonds. The molecule has 0 radical (unpaired) electrons. The van der Waals surface area contributed by atoms with Crippen LogP contribution in [-0.4, -0.2) is 78.6 Å². The number of hydrogen-bond donors (Lipinski definition) is 1. The van der Waals surface area contributed by atoms with Crippen molar-refractivity contribution < 1.29 is 33.2 Å². The van der Waals surface area contributed by atoms with Crippen LogP contribution in [0.5, 0.6) is 5.75 Å². The molecule has 0 aliphatic rings. The van der Waals surface area contributed by atoms with Crippen LogP contribution in [0.2, 0.25) is 0 Å². The maximum absolute atomic E-state index is 11.0. The molecule has 1 aromatic rings. The van der Waals surface area contributed by atoms with Gasteiger partial charge in [-0.1, -0.05) is 71.1 Å². The monoisotopic (exact) mass is 553 g/mol. The molecular formula is C31H55NO7. The lowest BCUT2D eigenvalue weighted by atomic mass is 10.1. The summed E-state index contributed by atoms with van der Waals surface area (Å²) in [5.41, 5.74) is 0.745. The van der Waals surface area contributed by atoms with E-state index in [4.69, 9.17) is 28.4 Å². The molecule has 1 rings (SSSR count). The zero-order chi connectivity index (χ0) is 28.1. The molecule has 0 aliphatic carbocycles. The summed E-state index contributed by atoms with van der Waals surface area (Å²) in [6.45, 7) is 9.99. The Kier molecular flexibility index (Phi) is 25.2. The topological polar surface area (TPSA) is 84.5 Å². The van der Waals surface area contributed by atoms with Crippen molar-refractivity contribution in [2.45, 2.75) is 84.5 Å². The van der Waals surface area contributed by atoms with E-state index in [1.807, 2.05) is 12.1 Å². The van der Waals surface area contributed by atoms with E-state index in [9.17, 15) is 4.79 Å². The Morgan fingerprint density at radius 2 is 0.923 bits per heavy atom. The first-order valence-corrected chi connectivity index (χ1v) is 15.1. The van der Waals surface area contributed by atoms with Gasteiger partial charge in [0.1, 0.15) is 12.4 Å². The van der Waals surface area contributed by atoms with Gasteiger partial charge in [0.25, 0.3) is 0 Å². The van der Waals surface area contributed by atoms with Crippen LogP contribution in [0.15, 0.2) is 24.3 Å². The van der Waals surface area contributed by atoms with Crippen molar-refractivity contribution >= 4 is 11.6 Å². The number of nitrogens with one attached hydrogen (secondary N) is 1. The summed E-state index contributed by atoms with van der Waals surface area (Å²) in [6, 6.07) is 7.23. The summed E-state index contributed by atoms with van der Waals surface area (Å²) in [6.07, 6.45) is 14.9. The fourth-order valence-corrected chi connectivity index (χ4v) is 3.91. The van der Waals surface area contributed by atoms with Gasteiger partial charge in [-0.2, -0.15) is 0 Å². The van der Waals surface area contributed by atoms with Crippen LogP contribution < -0.4 is 10.1 Å². The molecule has 0 spiro atoms. The average Bonchev–Trinajstić information content (AvgIpc) is 2.93. The van der Waals surface area contributed by atoms with Gasteiger partial charge in [-0.3, -0.25) is 4.79 Å². The number of hydrogen-bond acceptors (Lipinski definition) is 7. The zero-order valence-electron chi connectivity index (χ0n) is 24.7. The maximum Gasteiger partial charge on any atom is 0.221 e. The van der Waals surface area contributed by atoms with Crippen molar-refractivity contribution in [1.82, 2.24) is 0 Å². The van der Waals surface area contributed by atoms with Crippen LogP contribution in [0, 0.1) is 0 Å². The summed E-state index contributed by atoms with van der Waals surface area (Å²) < 4.78 is 33.3. The average molecular weight is 554 g/mol. The van der Waals surface area contributed by atoms with Crippen LogP contribution in [-0.2, 0) is 28.5 Å². The molecular weight excluding hydrogens is 498 g/mol. The number of anilines is 1. The Bertz CT molecular complexity index is 657. The van der Waals surface area contributed by atoms with Gasteiger partial charge in [-0.25, -0.2) is 0 Å². The summed E-state index contributed by atoms with van der Waals surface area (Å²) in [4.78, 5) is 11.0. The molecule has 0 unspecified atom stereocenters. The molecule has 1 N–H and O–H groups in total. The molecule has 0 saturated heterocycles. The van der Waals surface area contributed by atoms with E-state index in [0.29, 0.717) is 66.1 Å². The standard InChI is InChI=1S/C31H55NO7/c1-3-4-5-6-7-8-9-10-11-12-13-18-34-19-20-35-21-22-36-23-24-37-25-26-38-27-28-39-31-16-14-30(15-17-31)32-29(2)33/h14-17H,3-13,18-28H2,1-2H3,(H,32,33). The van der Waals surface area contributed by atoms with E-state index < -0.39 is 0 Å². The number of ether oxygens (including phenoxy) is 6. The molecule has 0 heterocycles. The highest BCUT2D eigenvalue weighted by Gasteiger charge is 1.98. The van der Waals surface area contributed by atoms with Gasteiger partial charge in [0.05, 0.1) is 59.5 Å². The second-order valence-corrected chi connectivity index (χ2v) is 9.65. The second-order valence-electron chi connectivity index (χ2n) is 9.65. The SMILES string of the molecule is CCCCCCCCCCCCCOCCOCCOCCOCCOCCOc1ccc(NC(C)=O)cc1. The van der Waals surface area contributed by atoms with E-state index >= 15 is 0 Å². The fraction of sp³-hybridized carbons (Fsp3) is 0.774. The minimum Gasteiger partial charge on any atom is -0.491 e. The van der Waals surface area contributed by atoms with Crippen molar-refractivity contribution in [1.29, 1.82) is 0 Å². The van der Waals surface area contributed by atoms with Gasteiger partial charge >= 0.3 is 0 Å². The summed E-state index contributed by atoms with van der Waals surface area (Å²) in [5.74, 6) is 0.637. The predicted octanol–water partition coefficient (Wildman–Crippen LogP) is 6.42. The van der Waals surface area contributed by atoms with Crippen LogP contribution in [0.4, 0.5) is 5.69 Å². The number of carbonyl (C=O) groups is 1. The molecule has 8 heteroatoms. The number of unbranched alkanes of at least 4 members (excludes halogenated alkanes) is 10. The van der Waals surface area contributed by atoms with Crippen molar-refractivity contribution in [2.24, 2.45) is 0 Å². The molecule has 39 heavy (non-hydrogen) atoms. The number of rotatable bonds is 29. The van der Waals surface area contributed by atoms with E-state index in [-0.39, 0.29) is 5.91 Å². The first-order chi connectivity index (χ1) is 19.2. The fourth-order valence-electron chi connectivity index (χ4n) is 3.91. The summed E-state index contributed by atoms with van der Waals surface area (Å²) in [7, 11) is 0. The van der Waals surface area contributed by atoms with Crippen molar-refractivity contribution in [3.8, 4) is 5.75 Å². The van der Waals surface area contributed by atoms with E-state index in [2.05, 4.69) is 12.2 Å². The third-order valence-corrected chi connectivity index (χ3v) is 6.05. The summed E-state index contributed by atoms with van der Waals surface area (Å²) in [5, 5.41) is 2.72. The highest BCUT2D eigenvalue weighted by atomic mass is 16.6. The second kappa shape index (κ2) is 27.8. The van der Waals surface area contributed by atoms with Crippen molar-refractivity contribution in [2.75, 3.05) is 78.0 Å². The molecule has 0 saturated carbocycles. The lowest BCUT2D eigenvalue weighted by Gasteiger charge is -2.09. The predicted molar refractivity (Wildman–Crippen MR) is 157 cm³/mol. The lowest BCUT2D eigenvalue weighted by molar-refractivity contribution is -0.114. The van der Waals surface area contributed by atoms with Crippen LogP contribution in [0.1, 0.15) is 84.5 Å². The Morgan fingerprint density at radius 3 is 1.36 bits per heavy atom. The van der Waals surface area contributed by atoms with Gasteiger partial charge < -0.3 is 33.7 Å². The molecule has 0 aromatic heterocycles. The molecule has 226 valence electrons. The van der Waals surface area contributed by atoms with Crippen LogP contribution in [0.3, 0.4) is 0 Å². The molecule has 0 bridgehead atoms. The minimum absolute atomic E-state index is 0.0963. The number of benzene rings is 1. The highest BCUT2D eigenvalue weighted by molar-refractivity contribution is 5.88. The van der Waals surface area contributed by atoms with Gasteiger partial charge in [0.15, 0.2) is 0 Å². The van der Waals surface area contributed by atoms with Crippen molar-refractivity contribution in [3.05, 3.63) is 24.3 Å². The molecule has 0 fully saturated rings. The molecule has 0 aliphatic heterocycles. The van der Waals surface area contributed by atoms with Crippen LogP contribution in [0.25, 0.3) is 0 Å². The molecule has 8 nitrogen and oxygen atoms in total. The van der Waals surface area contributed by atoms with E-state index in [1.165, 1.54) is 71.1 Å². The Balaban J connectivity index is 1.70. The quantitative estimate of drug-likeness (QED) is 0.115. The van der Waals surface area contributed by atoms with Gasteiger partial charge in [0.2, 0.25) is 5.91 Å².